The van der Waals surface area contributed by atoms with Crippen molar-refractivity contribution in [2.75, 3.05) is 13.1 Å². The van der Waals surface area contributed by atoms with Crippen LogP contribution in [0.25, 0.3) is 0 Å². The van der Waals surface area contributed by atoms with Crippen LogP contribution in [0.2, 0.25) is 0 Å². The van der Waals surface area contributed by atoms with Gasteiger partial charge in [0, 0.05) is 21.8 Å². The molecule has 0 radical (unpaired) electrons. The van der Waals surface area contributed by atoms with Crippen molar-refractivity contribution in [2.45, 2.75) is 25.7 Å². The molecule has 2 aromatic rings. The zero-order chi connectivity index (χ0) is 14.4. The van der Waals surface area contributed by atoms with Crippen molar-refractivity contribution >= 4 is 27.3 Å². The lowest BCUT2D eigenvalue weighted by Crippen LogP contribution is -2.23. The molecule has 0 aliphatic heterocycles. The lowest BCUT2D eigenvalue weighted by molar-refractivity contribution is 0.576. The number of thiophene rings is 1. The second-order valence-electron chi connectivity index (χ2n) is 4.85. The Bertz CT molecular complexity index is 524. The van der Waals surface area contributed by atoms with Crippen molar-refractivity contribution in [1.82, 2.24) is 5.32 Å². The van der Waals surface area contributed by atoms with Crippen molar-refractivity contribution in [3.05, 3.63) is 56.4 Å². The molecular formula is C16H19BrFNS. The number of nitrogens with one attached hydrogen (secondary N) is 1. The maximum Gasteiger partial charge on any atom is 0.123 e. The summed E-state index contributed by atoms with van der Waals surface area (Å²) in [4.78, 5) is 1.35. The van der Waals surface area contributed by atoms with Gasteiger partial charge in [0.05, 0.1) is 0 Å². The topological polar surface area (TPSA) is 12.0 Å². The minimum atomic E-state index is -0.175. The predicted molar refractivity (Wildman–Crippen MR) is 88.0 cm³/mol. The third-order valence-electron chi connectivity index (χ3n) is 3.28. The molecular weight excluding hydrogens is 337 g/mol. The lowest BCUT2D eigenvalue weighted by Gasteiger charge is -2.18. The minimum absolute atomic E-state index is 0.175. The largest absolute Gasteiger partial charge is 0.316 e. The lowest BCUT2D eigenvalue weighted by atomic mass is 9.95. The first-order valence-electron chi connectivity index (χ1n) is 6.88. The Labute approximate surface area is 132 Å². The molecule has 0 bridgehead atoms. The molecule has 2 rings (SSSR count). The molecule has 108 valence electrons. The van der Waals surface area contributed by atoms with E-state index in [-0.39, 0.29) is 5.82 Å². The molecule has 1 unspecified atom stereocenters. The molecule has 1 N–H and O–H groups in total. The average Bonchev–Trinajstić information content (AvgIpc) is 2.84. The van der Waals surface area contributed by atoms with E-state index in [1.807, 2.05) is 12.1 Å². The highest BCUT2D eigenvalue weighted by Crippen LogP contribution is 2.29. The normalized spacial score (nSPS) is 12.6. The summed E-state index contributed by atoms with van der Waals surface area (Å²) >= 11 is 5.36. The van der Waals surface area contributed by atoms with Crippen LogP contribution in [0.4, 0.5) is 4.39 Å². The van der Waals surface area contributed by atoms with Gasteiger partial charge in [-0.1, -0.05) is 19.1 Å². The van der Waals surface area contributed by atoms with Crippen LogP contribution in [-0.4, -0.2) is 13.1 Å². The highest BCUT2D eigenvalue weighted by atomic mass is 79.9. The fourth-order valence-electron chi connectivity index (χ4n) is 2.19. The van der Waals surface area contributed by atoms with Gasteiger partial charge in [-0.25, -0.2) is 4.39 Å². The predicted octanol–water partition coefficient (Wildman–Crippen LogP) is 4.98. The van der Waals surface area contributed by atoms with Crippen LogP contribution in [-0.2, 0) is 6.42 Å². The Balaban J connectivity index is 2.11. The summed E-state index contributed by atoms with van der Waals surface area (Å²) in [6.45, 7) is 4.10. The third kappa shape index (κ3) is 4.40. The molecule has 0 saturated heterocycles. The van der Waals surface area contributed by atoms with Gasteiger partial charge in [-0.15, -0.1) is 11.3 Å². The fourth-order valence-corrected chi connectivity index (χ4v) is 3.79. The molecule has 0 aliphatic rings. The van der Waals surface area contributed by atoms with Crippen LogP contribution in [0.3, 0.4) is 0 Å². The maximum absolute atomic E-state index is 13.1. The first-order chi connectivity index (χ1) is 9.70. The highest BCUT2D eigenvalue weighted by Gasteiger charge is 2.14. The summed E-state index contributed by atoms with van der Waals surface area (Å²) in [5, 5.41) is 5.57. The van der Waals surface area contributed by atoms with Crippen molar-refractivity contribution in [2.24, 2.45) is 0 Å². The van der Waals surface area contributed by atoms with E-state index in [0.717, 1.165) is 25.9 Å². The van der Waals surface area contributed by atoms with Gasteiger partial charge in [0.15, 0.2) is 0 Å². The summed E-state index contributed by atoms with van der Waals surface area (Å²) < 4.78 is 14.2. The molecule has 4 heteroatoms. The Morgan fingerprint density at radius 3 is 2.60 bits per heavy atom. The van der Waals surface area contributed by atoms with E-state index in [0.29, 0.717) is 5.92 Å². The van der Waals surface area contributed by atoms with E-state index < -0.39 is 0 Å². The number of rotatable bonds is 7. The van der Waals surface area contributed by atoms with Gasteiger partial charge in [0.1, 0.15) is 5.82 Å². The highest BCUT2D eigenvalue weighted by molar-refractivity contribution is 9.10. The second-order valence-corrected chi connectivity index (χ2v) is 6.70. The quantitative estimate of drug-likeness (QED) is 0.691. The zero-order valence-electron chi connectivity index (χ0n) is 11.5. The van der Waals surface area contributed by atoms with E-state index in [4.69, 9.17) is 0 Å². The van der Waals surface area contributed by atoms with Crippen LogP contribution >= 0.6 is 27.3 Å². The summed E-state index contributed by atoms with van der Waals surface area (Å²) in [6.07, 6.45) is 2.10. The number of hydrogen-bond acceptors (Lipinski definition) is 2. The number of benzene rings is 1. The molecule has 1 heterocycles. The van der Waals surface area contributed by atoms with Gasteiger partial charge in [-0.2, -0.15) is 0 Å². The molecule has 1 aromatic heterocycles. The third-order valence-corrected chi connectivity index (χ3v) is 5.23. The molecule has 0 fully saturated rings. The second kappa shape index (κ2) is 7.91. The number of halogens is 2. The molecule has 0 spiro atoms. The van der Waals surface area contributed by atoms with E-state index in [2.05, 4.69) is 39.6 Å². The smallest absolute Gasteiger partial charge is 0.123 e. The van der Waals surface area contributed by atoms with Gasteiger partial charge >= 0.3 is 0 Å². The Morgan fingerprint density at radius 2 is 2.00 bits per heavy atom. The number of hydrogen-bond donors (Lipinski definition) is 1. The summed E-state index contributed by atoms with van der Waals surface area (Å²) in [5.41, 5.74) is 1.19. The van der Waals surface area contributed by atoms with Crippen molar-refractivity contribution in [1.29, 1.82) is 0 Å². The summed E-state index contributed by atoms with van der Waals surface area (Å²) in [7, 11) is 0. The standard InChI is InChI=1S/C16H19BrFNS/c1-2-8-19-11-13(10-16-15(17)7-9-20-16)12-3-5-14(18)6-4-12/h3-7,9,13,19H,2,8,10-11H2,1H3. The van der Waals surface area contributed by atoms with Gasteiger partial charge in [-0.3, -0.25) is 0 Å². The Kier molecular flexibility index (Phi) is 6.20. The van der Waals surface area contributed by atoms with Crippen LogP contribution in [0.15, 0.2) is 40.2 Å². The van der Waals surface area contributed by atoms with Gasteiger partial charge < -0.3 is 5.32 Å². The first kappa shape index (κ1) is 15.7. The molecule has 1 aromatic carbocycles. The summed E-state index contributed by atoms with van der Waals surface area (Å²) in [5.74, 6) is 0.198. The van der Waals surface area contributed by atoms with Crippen molar-refractivity contribution in [3.8, 4) is 0 Å². The van der Waals surface area contributed by atoms with Gasteiger partial charge in [0.2, 0.25) is 0 Å². The van der Waals surface area contributed by atoms with Crippen LogP contribution < -0.4 is 5.32 Å². The van der Waals surface area contributed by atoms with Crippen LogP contribution in [0, 0.1) is 5.82 Å². The average molecular weight is 356 g/mol. The van der Waals surface area contributed by atoms with Crippen LogP contribution in [0.5, 0.6) is 0 Å². The minimum Gasteiger partial charge on any atom is -0.316 e. The van der Waals surface area contributed by atoms with E-state index >= 15 is 0 Å². The van der Waals surface area contributed by atoms with Gasteiger partial charge in [0.25, 0.3) is 0 Å². The molecule has 0 saturated carbocycles. The summed E-state index contributed by atoms with van der Waals surface area (Å²) in [6, 6.07) is 8.97. The molecule has 1 atom stereocenters. The maximum atomic E-state index is 13.1. The van der Waals surface area contributed by atoms with E-state index in [1.54, 1.807) is 23.5 Å². The Morgan fingerprint density at radius 1 is 1.25 bits per heavy atom. The molecule has 1 nitrogen and oxygen atoms in total. The van der Waals surface area contributed by atoms with Crippen molar-refractivity contribution < 1.29 is 4.39 Å². The van der Waals surface area contributed by atoms with E-state index in [9.17, 15) is 4.39 Å². The molecule has 0 aliphatic carbocycles. The molecule has 0 amide bonds. The van der Waals surface area contributed by atoms with E-state index in [1.165, 1.54) is 14.9 Å². The SMILES string of the molecule is CCCNCC(Cc1sccc1Br)c1ccc(F)cc1. The monoisotopic (exact) mass is 355 g/mol. The van der Waals surface area contributed by atoms with Gasteiger partial charge in [-0.05, 0) is 64.5 Å². The van der Waals surface area contributed by atoms with Crippen molar-refractivity contribution in [3.63, 3.8) is 0 Å². The Hall–Kier alpha value is -0.710. The first-order valence-corrected chi connectivity index (χ1v) is 8.56. The zero-order valence-corrected chi connectivity index (χ0v) is 13.9. The van der Waals surface area contributed by atoms with Crippen LogP contribution in [0.1, 0.15) is 29.7 Å². The molecule has 20 heavy (non-hydrogen) atoms. The fraction of sp³-hybridized carbons (Fsp3) is 0.375.